The standard InChI is InChI=1S/C6H7N3/c1-2-3-4-6-5-7-9-8-6/h1,5H,3-4H2,(H,7,8,9). The summed E-state index contributed by atoms with van der Waals surface area (Å²) < 4.78 is 0. The zero-order chi connectivity index (χ0) is 6.53. The molecule has 1 rings (SSSR count). The van der Waals surface area contributed by atoms with Crippen LogP contribution in [0.3, 0.4) is 0 Å². The van der Waals surface area contributed by atoms with Crippen LogP contribution >= 0.6 is 0 Å². The summed E-state index contributed by atoms with van der Waals surface area (Å²) in [5.74, 6) is 2.52. The molecule has 0 spiro atoms. The molecule has 1 aromatic heterocycles. The third-order valence-corrected chi connectivity index (χ3v) is 0.990. The van der Waals surface area contributed by atoms with Gasteiger partial charge in [0.2, 0.25) is 0 Å². The Balaban J connectivity index is 2.41. The van der Waals surface area contributed by atoms with Crippen molar-refractivity contribution >= 4 is 0 Å². The zero-order valence-electron chi connectivity index (χ0n) is 4.96. The van der Waals surface area contributed by atoms with Gasteiger partial charge in [-0.05, 0) is 0 Å². The maximum Gasteiger partial charge on any atom is 0.0834 e. The number of nitrogens with zero attached hydrogens (tertiary/aromatic N) is 2. The molecular formula is C6H7N3. The highest BCUT2D eigenvalue weighted by atomic mass is 15.3. The van der Waals surface area contributed by atoms with Crippen molar-refractivity contribution in [2.24, 2.45) is 0 Å². The maximum atomic E-state index is 5.04. The van der Waals surface area contributed by atoms with Crippen LogP contribution in [0.25, 0.3) is 0 Å². The lowest BCUT2D eigenvalue weighted by atomic mass is 10.3. The van der Waals surface area contributed by atoms with Crippen LogP contribution < -0.4 is 0 Å². The van der Waals surface area contributed by atoms with Gasteiger partial charge in [0.1, 0.15) is 0 Å². The topological polar surface area (TPSA) is 41.6 Å². The van der Waals surface area contributed by atoms with Crippen molar-refractivity contribution in [3.05, 3.63) is 11.9 Å². The van der Waals surface area contributed by atoms with Gasteiger partial charge < -0.3 is 0 Å². The summed E-state index contributed by atoms with van der Waals surface area (Å²) in [6, 6.07) is 0. The third kappa shape index (κ3) is 1.57. The molecule has 0 amide bonds. The second-order valence-corrected chi connectivity index (χ2v) is 1.67. The van der Waals surface area contributed by atoms with E-state index in [-0.39, 0.29) is 0 Å². The molecule has 0 aliphatic carbocycles. The van der Waals surface area contributed by atoms with Crippen LogP contribution in [0.2, 0.25) is 0 Å². The lowest BCUT2D eigenvalue weighted by Crippen LogP contribution is -1.82. The van der Waals surface area contributed by atoms with Crippen LogP contribution in [-0.2, 0) is 6.42 Å². The Morgan fingerprint density at radius 2 is 2.67 bits per heavy atom. The minimum absolute atomic E-state index is 0.729. The van der Waals surface area contributed by atoms with Crippen molar-refractivity contribution in [3.63, 3.8) is 0 Å². The molecule has 0 aromatic carbocycles. The van der Waals surface area contributed by atoms with Gasteiger partial charge in [-0.3, -0.25) is 0 Å². The fourth-order valence-electron chi connectivity index (χ4n) is 0.546. The molecule has 3 heteroatoms. The van der Waals surface area contributed by atoms with Gasteiger partial charge in [0.15, 0.2) is 0 Å². The Labute approximate surface area is 53.5 Å². The highest BCUT2D eigenvalue weighted by molar-refractivity contribution is 4.95. The van der Waals surface area contributed by atoms with E-state index in [9.17, 15) is 0 Å². The van der Waals surface area contributed by atoms with E-state index in [1.165, 1.54) is 0 Å². The van der Waals surface area contributed by atoms with Gasteiger partial charge in [-0.1, -0.05) is 0 Å². The lowest BCUT2D eigenvalue weighted by Gasteiger charge is -1.82. The molecule has 0 saturated carbocycles. The molecule has 46 valence electrons. The molecule has 1 heterocycles. The number of H-pyrrole nitrogens is 1. The predicted octanol–water partition coefficient (Wildman–Crippen LogP) is 0.370. The van der Waals surface area contributed by atoms with Gasteiger partial charge in [0.25, 0.3) is 0 Å². The van der Waals surface area contributed by atoms with Crippen molar-refractivity contribution in [1.29, 1.82) is 0 Å². The average Bonchev–Trinajstić information content (AvgIpc) is 2.34. The zero-order valence-corrected chi connectivity index (χ0v) is 4.96. The number of aromatic nitrogens is 3. The number of hydrogen-bond donors (Lipinski definition) is 1. The van der Waals surface area contributed by atoms with E-state index >= 15 is 0 Å². The second-order valence-electron chi connectivity index (χ2n) is 1.67. The normalized spacial score (nSPS) is 8.78. The monoisotopic (exact) mass is 121 g/mol. The largest absolute Gasteiger partial charge is 0.198 e. The van der Waals surface area contributed by atoms with Crippen LogP contribution in [0.4, 0.5) is 0 Å². The predicted molar refractivity (Wildman–Crippen MR) is 33.5 cm³/mol. The summed E-state index contributed by atoms with van der Waals surface area (Å²) in [4.78, 5) is 0. The van der Waals surface area contributed by atoms with Crippen molar-refractivity contribution in [3.8, 4) is 12.3 Å². The van der Waals surface area contributed by atoms with E-state index in [0.29, 0.717) is 0 Å². The Hall–Kier alpha value is -1.30. The molecule has 0 fully saturated rings. The van der Waals surface area contributed by atoms with Crippen molar-refractivity contribution in [2.45, 2.75) is 12.8 Å². The number of aryl methyl sites for hydroxylation is 1. The van der Waals surface area contributed by atoms with Crippen molar-refractivity contribution < 1.29 is 0 Å². The van der Waals surface area contributed by atoms with E-state index in [1.54, 1.807) is 6.20 Å². The van der Waals surface area contributed by atoms with Crippen LogP contribution in [0.5, 0.6) is 0 Å². The van der Waals surface area contributed by atoms with Gasteiger partial charge >= 0.3 is 0 Å². The lowest BCUT2D eigenvalue weighted by molar-refractivity contribution is 0.891. The number of hydrogen-bond acceptors (Lipinski definition) is 2. The van der Waals surface area contributed by atoms with E-state index in [2.05, 4.69) is 21.3 Å². The first-order valence-electron chi connectivity index (χ1n) is 2.71. The molecule has 0 radical (unpaired) electrons. The van der Waals surface area contributed by atoms with Crippen LogP contribution in [-0.4, -0.2) is 15.4 Å². The quantitative estimate of drug-likeness (QED) is 0.574. The molecule has 1 N–H and O–H groups in total. The fourth-order valence-corrected chi connectivity index (χ4v) is 0.546. The summed E-state index contributed by atoms with van der Waals surface area (Å²) >= 11 is 0. The number of rotatable bonds is 2. The molecule has 0 saturated heterocycles. The Kier molecular flexibility index (Phi) is 1.86. The fraction of sp³-hybridized carbons (Fsp3) is 0.333. The molecule has 0 bridgehead atoms. The Bertz CT molecular complexity index is 195. The molecule has 3 nitrogen and oxygen atoms in total. The summed E-state index contributed by atoms with van der Waals surface area (Å²) in [7, 11) is 0. The highest BCUT2D eigenvalue weighted by Crippen LogP contribution is 1.92. The number of terminal acetylenes is 1. The summed E-state index contributed by atoms with van der Waals surface area (Å²) in [5, 5.41) is 9.96. The Morgan fingerprint density at radius 3 is 3.22 bits per heavy atom. The summed E-state index contributed by atoms with van der Waals surface area (Å²) in [6.45, 7) is 0. The first kappa shape index (κ1) is 5.83. The first-order valence-corrected chi connectivity index (χ1v) is 2.71. The minimum atomic E-state index is 0.729. The van der Waals surface area contributed by atoms with E-state index < -0.39 is 0 Å². The van der Waals surface area contributed by atoms with Gasteiger partial charge in [-0.2, -0.15) is 15.4 Å². The van der Waals surface area contributed by atoms with E-state index in [1.807, 2.05) is 0 Å². The molecular weight excluding hydrogens is 114 g/mol. The van der Waals surface area contributed by atoms with Gasteiger partial charge in [-0.25, -0.2) is 0 Å². The summed E-state index contributed by atoms with van der Waals surface area (Å²) in [6.07, 6.45) is 8.26. The van der Waals surface area contributed by atoms with Gasteiger partial charge in [0, 0.05) is 12.8 Å². The molecule has 0 aliphatic rings. The molecule has 0 aliphatic heterocycles. The Morgan fingerprint density at radius 1 is 1.78 bits per heavy atom. The SMILES string of the molecule is C#CCCc1cn[nH]n1. The van der Waals surface area contributed by atoms with Gasteiger partial charge in [-0.15, -0.1) is 12.3 Å². The van der Waals surface area contributed by atoms with Crippen LogP contribution in [0.15, 0.2) is 6.20 Å². The number of nitrogens with one attached hydrogen (secondary N) is 1. The molecule has 0 atom stereocenters. The molecule has 1 aromatic rings. The molecule has 9 heavy (non-hydrogen) atoms. The first-order chi connectivity index (χ1) is 4.43. The van der Waals surface area contributed by atoms with Crippen molar-refractivity contribution in [1.82, 2.24) is 15.4 Å². The van der Waals surface area contributed by atoms with Crippen LogP contribution in [0, 0.1) is 12.3 Å². The van der Waals surface area contributed by atoms with E-state index in [4.69, 9.17) is 6.42 Å². The van der Waals surface area contributed by atoms with E-state index in [0.717, 1.165) is 18.5 Å². The smallest absolute Gasteiger partial charge is 0.0834 e. The summed E-state index contributed by atoms with van der Waals surface area (Å²) in [5.41, 5.74) is 0.924. The molecule has 0 unspecified atom stereocenters. The van der Waals surface area contributed by atoms with Gasteiger partial charge in [0.05, 0.1) is 11.9 Å². The van der Waals surface area contributed by atoms with Crippen molar-refractivity contribution in [2.75, 3.05) is 0 Å². The minimum Gasteiger partial charge on any atom is -0.198 e. The highest BCUT2D eigenvalue weighted by Gasteiger charge is 1.90. The average molecular weight is 121 g/mol. The maximum absolute atomic E-state index is 5.04. The van der Waals surface area contributed by atoms with Crippen LogP contribution in [0.1, 0.15) is 12.1 Å². The second kappa shape index (κ2) is 2.88. The number of aromatic amines is 1. The third-order valence-electron chi connectivity index (χ3n) is 0.990.